The summed E-state index contributed by atoms with van der Waals surface area (Å²) in [7, 11) is 0. The molecule has 20 heavy (non-hydrogen) atoms. The van der Waals surface area contributed by atoms with Gasteiger partial charge in [-0.25, -0.2) is 9.97 Å². The Morgan fingerprint density at radius 2 is 1.70 bits per heavy atom. The fourth-order valence-corrected chi connectivity index (χ4v) is 2.13. The van der Waals surface area contributed by atoms with Crippen molar-refractivity contribution in [3.8, 4) is 22.8 Å². The maximum absolute atomic E-state index is 6.11. The molecule has 0 spiro atoms. The van der Waals surface area contributed by atoms with Crippen LogP contribution in [0.5, 0.6) is 0 Å². The van der Waals surface area contributed by atoms with E-state index < -0.39 is 0 Å². The molecule has 0 amide bonds. The normalized spacial score (nSPS) is 10.5. The van der Waals surface area contributed by atoms with E-state index in [1.165, 1.54) is 0 Å². The molecule has 0 saturated heterocycles. The molecular weight excluding hydrogens is 270 g/mol. The van der Waals surface area contributed by atoms with Crippen LogP contribution in [0.15, 0.2) is 54.7 Å². The summed E-state index contributed by atoms with van der Waals surface area (Å²) in [6.45, 7) is 2.01. The number of benzene rings is 1. The van der Waals surface area contributed by atoms with E-state index in [9.17, 15) is 0 Å². The Kier molecular flexibility index (Phi) is 3.44. The zero-order valence-electron chi connectivity index (χ0n) is 10.9. The Hall–Kier alpha value is -2.26. The molecule has 0 N–H and O–H groups in total. The molecule has 0 aliphatic heterocycles. The summed E-state index contributed by atoms with van der Waals surface area (Å²) in [6, 6.07) is 15.5. The van der Waals surface area contributed by atoms with Gasteiger partial charge in [0.05, 0.1) is 5.69 Å². The van der Waals surface area contributed by atoms with Crippen molar-refractivity contribution in [2.24, 2.45) is 0 Å². The first-order valence-corrected chi connectivity index (χ1v) is 6.63. The zero-order valence-corrected chi connectivity index (χ0v) is 11.7. The molecule has 2 heterocycles. The van der Waals surface area contributed by atoms with Crippen molar-refractivity contribution in [1.82, 2.24) is 15.0 Å². The lowest BCUT2D eigenvalue weighted by Gasteiger charge is -2.05. The Morgan fingerprint density at radius 3 is 2.45 bits per heavy atom. The number of hydrogen-bond donors (Lipinski definition) is 0. The minimum absolute atomic E-state index is 0.414. The second kappa shape index (κ2) is 5.39. The summed E-state index contributed by atoms with van der Waals surface area (Å²) >= 11 is 6.11. The number of halogens is 1. The molecule has 3 nitrogen and oxygen atoms in total. The van der Waals surface area contributed by atoms with Crippen molar-refractivity contribution in [3.63, 3.8) is 0 Å². The smallest absolute Gasteiger partial charge is 0.180 e. The molecule has 0 aliphatic rings. The lowest BCUT2D eigenvalue weighted by molar-refractivity contribution is 1.14. The molecule has 0 radical (unpaired) electrons. The van der Waals surface area contributed by atoms with Crippen LogP contribution >= 0.6 is 11.6 Å². The third-order valence-electron chi connectivity index (χ3n) is 2.91. The number of pyridine rings is 1. The van der Waals surface area contributed by atoms with Gasteiger partial charge < -0.3 is 0 Å². The molecule has 1 aromatic carbocycles. The van der Waals surface area contributed by atoms with E-state index in [1.54, 1.807) is 12.3 Å². The molecule has 2 aromatic heterocycles. The molecular formula is C16H12ClN3. The highest BCUT2D eigenvalue weighted by Gasteiger charge is 2.08. The number of rotatable bonds is 2. The number of aryl methyl sites for hydroxylation is 1. The zero-order chi connectivity index (χ0) is 13.9. The van der Waals surface area contributed by atoms with Crippen molar-refractivity contribution in [2.75, 3.05) is 0 Å². The highest BCUT2D eigenvalue weighted by atomic mass is 35.5. The molecule has 0 bridgehead atoms. The van der Waals surface area contributed by atoms with Crippen molar-refractivity contribution in [3.05, 3.63) is 65.4 Å². The van der Waals surface area contributed by atoms with Crippen molar-refractivity contribution in [2.45, 2.75) is 6.92 Å². The molecule has 3 rings (SSSR count). The predicted molar refractivity (Wildman–Crippen MR) is 80.4 cm³/mol. The summed E-state index contributed by atoms with van der Waals surface area (Å²) in [6.07, 6.45) is 1.75. The summed E-state index contributed by atoms with van der Waals surface area (Å²) in [4.78, 5) is 13.1. The van der Waals surface area contributed by atoms with E-state index in [1.807, 2.05) is 49.4 Å². The van der Waals surface area contributed by atoms with Gasteiger partial charge >= 0.3 is 0 Å². The first-order valence-electron chi connectivity index (χ1n) is 6.25. The predicted octanol–water partition coefficient (Wildman–Crippen LogP) is 4.17. The van der Waals surface area contributed by atoms with Gasteiger partial charge in [-0.2, -0.15) is 0 Å². The second-order valence-corrected chi connectivity index (χ2v) is 4.87. The largest absolute Gasteiger partial charge is 0.253 e. The number of hydrogen-bond acceptors (Lipinski definition) is 3. The van der Waals surface area contributed by atoms with Crippen LogP contribution in [-0.4, -0.2) is 15.0 Å². The molecule has 0 unspecified atom stereocenters. The van der Waals surface area contributed by atoms with Crippen molar-refractivity contribution in [1.29, 1.82) is 0 Å². The first-order chi connectivity index (χ1) is 9.72. The average molecular weight is 282 g/mol. The Labute approximate surface area is 122 Å². The third kappa shape index (κ3) is 2.68. The van der Waals surface area contributed by atoms with Crippen LogP contribution < -0.4 is 0 Å². The van der Waals surface area contributed by atoms with Gasteiger partial charge in [0.25, 0.3) is 0 Å². The number of nitrogens with zero attached hydrogens (tertiary/aromatic N) is 3. The fraction of sp³-hybridized carbons (Fsp3) is 0.0625. The van der Waals surface area contributed by atoms with E-state index in [4.69, 9.17) is 11.6 Å². The van der Waals surface area contributed by atoms with Crippen LogP contribution in [0.4, 0.5) is 0 Å². The quantitative estimate of drug-likeness (QED) is 0.662. The van der Waals surface area contributed by atoms with Crippen LogP contribution in [-0.2, 0) is 0 Å². The van der Waals surface area contributed by atoms with Crippen LogP contribution in [0.25, 0.3) is 22.8 Å². The lowest BCUT2D eigenvalue weighted by Crippen LogP contribution is -1.95. The molecule has 3 aromatic rings. The van der Waals surface area contributed by atoms with Gasteiger partial charge in [0.2, 0.25) is 0 Å². The fourth-order valence-electron chi connectivity index (χ4n) is 1.95. The Balaban J connectivity index is 2.12. The van der Waals surface area contributed by atoms with Gasteiger partial charge in [-0.15, -0.1) is 0 Å². The standard InChI is InChI=1S/C16H12ClN3/c1-11-7-8-18-14(9-11)16-19-13(10-15(17)20-16)12-5-3-2-4-6-12/h2-10H,1H3. The molecule has 0 aliphatic carbocycles. The van der Waals surface area contributed by atoms with E-state index in [0.29, 0.717) is 11.0 Å². The van der Waals surface area contributed by atoms with Gasteiger partial charge in [0.15, 0.2) is 5.82 Å². The Morgan fingerprint density at radius 1 is 0.900 bits per heavy atom. The number of aromatic nitrogens is 3. The van der Waals surface area contributed by atoms with Gasteiger partial charge in [-0.05, 0) is 24.6 Å². The SMILES string of the molecule is Cc1ccnc(-c2nc(Cl)cc(-c3ccccc3)n2)c1. The lowest BCUT2D eigenvalue weighted by atomic mass is 10.1. The van der Waals surface area contributed by atoms with Gasteiger partial charge in [0, 0.05) is 17.8 Å². The van der Waals surface area contributed by atoms with Crippen LogP contribution in [0, 0.1) is 6.92 Å². The summed E-state index contributed by atoms with van der Waals surface area (Å²) in [5.74, 6) is 0.542. The molecule has 0 fully saturated rings. The third-order valence-corrected chi connectivity index (χ3v) is 3.10. The Bertz CT molecular complexity index is 742. The monoisotopic (exact) mass is 281 g/mol. The molecule has 0 saturated carbocycles. The van der Waals surface area contributed by atoms with Crippen molar-refractivity contribution >= 4 is 11.6 Å². The summed E-state index contributed by atoms with van der Waals surface area (Å²) in [5, 5.41) is 0.414. The van der Waals surface area contributed by atoms with Gasteiger partial charge in [-0.1, -0.05) is 41.9 Å². The maximum atomic E-state index is 6.11. The second-order valence-electron chi connectivity index (χ2n) is 4.48. The van der Waals surface area contributed by atoms with Crippen LogP contribution in [0.3, 0.4) is 0 Å². The van der Waals surface area contributed by atoms with Crippen LogP contribution in [0.2, 0.25) is 5.15 Å². The minimum atomic E-state index is 0.414. The average Bonchev–Trinajstić information content (AvgIpc) is 2.47. The highest BCUT2D eigenvalue weighted by molar-refractivity contribution is 6.29. The molecule has 0 atom stereocenters. The highest BCUT2D eigenvalue weighted by Crippen LogP contribution is 2.23. The topological polar surface area (TPSA) is 38.7 Å². The van der Waals surface area contributed by atoms with E-state index in [0.717, 1.165) is 22.5 Å². The van der Waals surface area contributed by atoms with Gasteiger partial charge in [0.1, 0.15) is 10.8 Å². The van der Waals surface area contributed by atoms with Gasteiger partial charge in [-0.3, -0.25) is 4.98 Å². The van der Waals surface area contributed by atoms with E-state index in [-0.39, 0.29) is 0 Å². The molecule has 98 valence electrons. The maximum Gasteiger partial charge on any atom is 0.180 e. The minimum Gasteiger partial charge on any atom is -0.253 e. The van der Waals surface area contributed by atoms with Crippen LogP contribution in [0.1, 0.15) is 5.56 Å². The molecule has 4 heteroatoms. The summed E-state index contributed by atoms with van der Waals surface area (Å²) in [5.41, 5.74) is 3.64. The van der Waals surface area contributed by atoms with E-state index in [2.05, 4.69) is 15.0 Å². The van der Waals surface area contributed by atoms with E-state index >= 15 is 0 Å². The summed E-state index contributed by atoms with van der Waals surface area (Å²) < 4.78 is 0. The first kappa shape index (κ1) is 12.8. The van der Waals surface area contributed by atoms with Crippen molar-refractivity contribution < 1.29 is 0 Å².